The first kappa shape index (κ1) is 19.4. The minimum atomic E-state index is -0.698. The zero-order chi connectivity index (χ0) is 19.9. The second-order valence-corrected chi connectivity index (χ2v) is 9.61. The molecule has 0 amide bonds. The highest BCUT2D eigenvalue weighted by atomic mass is 32.1. The van der Waals surface area contributed by atoms with Crippen molar-refractivity contribution in [3.05, 3.63) is 35.0 Å². The molecular weight excluding hydrogens is 370 g/mol. The summed E-state index contributed by atoms with van der Waals surface area (Å²) in [5.41, 5.74) is 2.19. The fourth-order valence-electron chi connectivity index (χ4n) is 3.76. The fraction of sp³-hybridized carbons (Fsp3) is 0.524. The van der Waals surface area contributed by atoms with E-state index in [4.69, 9.17) is 9.98 Å². The number of benzene rings is 1. The molecule has 6 nitrogen and oxygen atoms in total. The smallest absolute Gasteiger partial charge is 0.158 e. The number of para-hydroxylation sites is 2. The Kier molecular flexibility index (Phi) is 5.16. The van der Waals surface area contributed by atoms with Gasteiger partial charge in [-0.1, -0.05) is 26.0 Å². The van der Waals surface area contributed by atoms with Crippen LogP contribution in [0, 0.1) is 0 Å². The van der Waals surface area contributed by atoms with Gasteiger partial charge in [-0.05, 0) is 32.4 Å². The van der Waals surface area contributed by atoms with E-state index in [0.29, 0.717) is 12.3 Å². The highest BCUT2D eigenvalue weighted by Gasteiger charge is 2.31. The topological polar surface area (TPSA) is 72.8 Å². The molecule has 1 unspecified atom stereocenters. The van der Waals surface area contributed by atoms with Crippen LogP contribution in [0.25, 0.3) is 0 Å². The van der Waals surface area contributed by atoms with Crippen molar-refractivity contribution in [2.75, 3.05) is 25.0 Å². The average Bonchev–Trinajstić information content (AvgIpc) is 2.97. The predicted molar refractivity (Wildman–Crippen MR) is 116 cm³/mol. The maximum atomic E-state index is 10.3. The lowest BCUT2D eigenvalue weighted by atomic mass is 9.97. The monoisotopic (exact) mass is 399 g/mol. The number of piperazine rings is 1. The van der Waals surface area contributed by atoms with Gasteiger partial charge in [-0.15, -0.1) is 11.3 Å². The van der Waals surface area contributed by atoms with E-state index in [2.05, 4.69) is 35.4 Å². The second kappa shape index (κ2) is 7.46. The summed E-state index contributed by atoms with van der Waals surface area (Å²) in [6.07, 6.45) is 0.701. The third-order valence-corrected chi connectivity index (χ3v) is 6.30. The molecule has 0 radical (unpaired) electrons. The van der Waals surface area contributed by atoms with Gasteiger partial charge in [-0.2, -0.15) is 0 Å². The van der Waals surface area contributed by atoms with Gasteiger partial charge in [-0.25, -0.2) is 9.98 Å². The van der Waals surface area contributed by atoms with Gasteiger partial charge in [0.1, 0.15) is 10.7 Å². The molecule has 0 spiro atoms. The van der Waals surface area contributed by atoms with Crippen LogP contribution in [0.3, 0.4) is 0 Å². The number of nitrogens with one attached hydrogen (secondary N) is 2. The number of aliphatic imine (C=N–C) groups is 1. The Bertz CT molecular complexity index is 883. The van der Waals surface area contributed by atoms with E-state index < -0.39 is 5.60 Å². The van der Waals surface area contributed by atoms with Crippen LogP contribution in [-0.4, -0.2) is 52.1 Å². The maximum Gasteiger partial charge on any atom is 0.158 e. The number of fused-ring (bicyclic) bond motifs is 2. The summed E-state index contributed by atoms with van der Waals surface area (Å²) in [7, 11) is 0. The first-order chi connectivity index (χ1) is 13.3. The molecule has 1 aromatic carbocycles. The summed E-state index contributed by atoms with van der Waals surface area (Å²) in [5.74, 6) is 1.30. The quantitative estimate of drug-likeness (QED) is 0.731. The molecule has 1 atom stereocenters. The normalized spacial score (nSPS) is 19.6. The summed E-state index contributed by atoms with van der Waals surface area (Å²) < 4.78 is 0. The number of hydrogen-bond acceptors (Lipinski definition) is 7. The molecule has 2 aromatic rings. The largest absolute Gasteiger partial charge is 0.390 e. The van der Waals surface area contributed by atoms with Crippen LogP contribution in [0.1, 0.15) is 50.7 Å². The number of thiazole rings is 1. The SMILES string of the molecule is CC(C)c1nc2c(s1)Nc1ccccc1N=C2N1CCNC(CC(C)(C)O)C1. The van der Waals surface area contributed by atoms with Gasteiger partial charge in [0.05, 0.1) is 22.0 Å². The Morgan fingerprint density at radius 1 is 1.32 bits per heavy atom. The molecule has 1 saturated heterocycles. The third-order valence-electron chi connectivity index (χ3n) is 5.03. The zero-order valence-corrected chi connectivity index (χ0v) is 17.8. The molecule has 28 heavy (non-hydrogen) atoms. The Labute approximate surface area is 170 Å². The first-order valence-corrected chi connectivity index (χ1v) is 10.8. The van der Waals surface area contributed by atoms with Crippen LogP contribution >= 0.6 is 11.3 Å². The standard InChI is InChI=1S/C21H29N5OS/c1-13(2)19-25-17-18(26-10-9-22-14(12-26)11-21(3,4)27)23-15-7-5-6-8-16(15)24-20(17)28-19/h5-8,13-14,22,24,27H,9-12H2,1-4H3. The lowest BCUT2D eigenvalue weighted by Gasteiger charge is -2.37. The van der Waals surface area contributed by atoms with Gasteiger partial charge in [0.2, 0.25) is 0 Å². The highest BCUT2D eigenvalue weighted by Crippen LogP contribution is 2.39. The number of aromatic nitrogens is 1. The molecule has 7 heteroatoms. The predicted octanol–water partition coefficient (Wildman–Crippen LogP) is 3.84. The number of amidine groups is 1. The molecule has 1 fully saturated rings. The summed E-state index contributed by atoms with van der Waals surface area (Å²) >= 11 is 1.71. The molecule has 3 heterocycles. The van der Waals surface area contributed by atoms with Crippen LogP contribution < -0.4 is 10.6 Å². The van der Waals surface area contributed by atoms with Gasteiger partial charge < -0.3 is 20.6 Å². The van der Waals surface area contributed by atoms with Gasteiger partial charge in [0, 0.05) is 31.6 Å². The molecule has 4 rings (SSSR count). The van der Waals surface area contributed by atoms with E-state index in [1.807, 2.05) is 32.0 Å². The Balaban J connectivity index is 1.72. The van der Waals surface area contributed by atoms with E-state index in [9.17, 15) is 5.11 Å². The summed E-state index contributed by atoms with van der Waals surface area (Å²) in [6, 6.07) is 8.37. The molecule has 2 aliphatic heterocycles. The fourth-order valence-corrected chi connectivity index (χ4v) is 4.74. The van der Waals surface area contributed by atoms with Crippen molar-refractivity contribution in [2.24, 2.45) is 4.99 Å². The Morgan fingerprint density at radius 3 is 2.86 bits per heavy atom. The zero-order valence-electron chi connectivity index (χ0n) is 17.0. The molecular formula is C21H29N5OS. The molecule has 1 aromatic heterocycles. The Hall–Kier alpha value is -1.96. The Morgan fingerprint density at radius 2 is 2.11 bits per heavy atom. The van der Waals surface area contributed by atoms with Crippen molar-refractivity contribution in [3.63, 3.8) is 0 Å². The average molecular weight is 400 g/mol. The molecule has 0 aliphatic carbocycles. The summed E-state index contributed by atoms with van der Waals surface area (Å²) in [4.78, 5) is 12.3. The van der Waals surface area contributed by atoms with E-state index in [-0.39, 0.29) is 6.04 Å². The van der Waals surface area contributed by atoms with E-state index in [1.165, 1.54) is 0 Å². The molecule has 0 saturated carbocycles. The van der Waals surface area contributed by atoms with Gasteiger partial charge in [-0.3, -0.25) is 0 Å². The molecule has 3 N–H and O–H groups in total. The van der Waals surface area contributed by atoms with Crippen molar-refractivity contribution in [1.82, 2.24) is 15.2 Å². The minimum absolute atomic E-state index is 0.217. The van der Waals surface area contributed by atoms with E-state index >= 15 is 0 Å². The van der Waals surface area contributed by atoms with Crippen LogP contribution in [0.15, 0.2) is 29.3 Å². The van der Waals surface area contributed by atoms with Gasteiger partial charge >= 0.3 is 0 Å². The lowest BCUT2D eigenvalue weighted by Crippen LogP contribution is -2.54. The third kappa shape index (κ3) is 4.06. The van der Waals surface area contributed by atoms with Gasteiger partial charge in [0.25, 0.3) is 0 Å². The minimum Gasteiger partial charge on any atom is -0.390 e. The number of hydrogen-bond donors (Lipinski definition) is 3. The van der Waals surface area contributed by atoms with Crippen molar-refractivity contribution < 1.29 is 5.11 Å². The molecule has 2 aliphatic rings. The summed E-state index contributed by atoms with van der Waals surface area (Å²) in [5, 5.41) is 19.5. The number of rotatable bonds is 3. The van der Waals surface area contributed by atoms with Crippen LogP contribution in [0.5, 0.6) is 0 Å². The van der Waals surface area contributed by atoms with Crippen LogP contribution in [0.2, 0.25) is 0 Å². The maximum absolute atomic E-state index is 10.3. The molecule has 0 bridgehead atoms. The van der Waals surface area contributed by atoms with Crippen molar-refractivity contribution in [3.8, 4) is 0 Å². The number of nitrogens with zero attached hydrogens (tertiary/aromatic N) is 3. The number of anilines is 2. The second-order valence-electron chi connectivity index (χ2n) is 8.58. The van der Waals surface area contributed by atoms with E-state index in [1.54, 1.807) is 11.3 Å². The van der Waals surface area contributed by atoms with Crippen LogP contribution in [0.4, 0.5) is 16.4 Å². The highest BCUT2D eigenvalue weighted by molar-refractivity contribution is 7.16. The van der Waals surface area contributed by atoms with Crippen molar-refractivity contribution >= 4 is 33.5 Å². The lowest BCUT2D eigenvalue weighted by molar-refractivity contribution is 0.0524. The summed E-state index contributed by atoms with van der Waals surface area (Å²) in [6.45, 7) is 10.6. The van der Waals surface area contributed by atoms with Crippen molar-refractivity contribution in [2.45, 2.75) is 51.7 Å². The van der Waals surface area contributed by atoms with Gasteiger partial charge in [0.15, 0.2) is 5.84 Å². The molecule has 150 valence electrons. The van der Waals surface area contributed by atoms with Crippen LogP contribution in [-0.2, 0) is 0 Å². The van der Waals surface area contributed by atoms with Crippen molar-refractivity contribution in [1.29, 1.82) is 0 Å². The number of aliphatic hydroxyl groups is 1. The van der Waals surface area contributed by atoms with E-state index in [0.717, 1.165) is 52.5 Å². The first-order valence-electron chi connectivity index (χ1n) is 9.97.